The number of hydrogen-bond donors (Lipinski definition) is 1. The van der Waals surface area contributed by atoms with Crippen molar-refractivity contribution in [1.29, 1.82) is 0 Å². The fraction of sp³-hybridized carbons (Fsp3) is 0.600. The van der Waals surface area contributed by atoms with E-state index < -0.39 is 0 Å². The molecular weight excluding hydrogens is 260 g/mol. The monoisotopic (exact) mass is 282 g/mol. The maximum atomic E-state index is 12.1. The largest absolute Gasteiger partial charge is 0.352 e. The van der Waals surface area contributed by atoms with Gasteiger partial charge in [-0.2, -0.15) is 0 Å². The van der Waals surface area contributed by atoms with Crippen molar-refractivity contribution in [3.05, 3.63) is 28.5 Å². The minimum Gasteiger partial charge on any atom is -0.352 e. The number of nitrogens with zero attached hydrogens (tertiary/aromatic N) is 1. The zero-order valence-corrected chi connectivity index (χ0v) is 13.1. The molecule has 0 aliphatic rings. The van der Waals surface area contributed by atoms with Crippen LogP contribution in [0.15, 0.2) is 12.3 Å². The van der Waals surface area contributed by atoms with Crippen molar-refractivity contribution in [2.75, 3.05) is 6.54 Å². The molecule has 0 spiro atoms. The smallest absolute Gasteiger partial charge is 0.254 e. The Morgan fingerprint density at radius 1 is 1.32 bits per heavy atom. The third-order valence-electron chi connectivity index (χ3n) is 3.45. The van der Waals surface area contributed by atoms with E-state index in [1.54, 1.807) is 6.07 Å². The molecule has 0 saturated heterocycles. The van der Waals surface area contributed by atoms with Gasteiger partial charge < -0.3 is 5.32 Å². The van der Waals surface area contributed by atoms with E-state index in [1.807, 2.05) is 6.92 Å². The Morgan fingerprint density at radius 3 is 2.37 bits per heavy atom. The molecule has 3 nitrogen and oxygen atoms in total. The van der Waals surface area contributed by atoms with Crippen LogP contribution in [0.3, 0.4) is 0 Å². The van der Waals surface area contributed by atoms with Gasteiger partial charge in [0, 0.05) is 18.4 Å². The van der Waals surface area contributed by atoms with Gasteiger partial charge in [0.1, 0.15) is 0 Å². The maximum Gasteiger partial charge on any atom is 0.254 e. The lowest BCUT2D eigenvalue weighted by molar-refractivity contribution is 0.0937. The summed E-state index contributed by atoms with van der Waals surface area (Å²) in [6, 6.07) is 1.71. The van der Waals surface area contributed by atoms with Crippen LogP contribution in [0.4, 0.5) is 0 Å². The summed E-state index contributed by atoms with van der Waals surface area (Å²) < 4.78 is 0. The van der Waals surface area contributed by atoms with Crippen LogP contribution in [-0.4, -0.2) is 17.4 Å². The Kier molecular flexibility index (Phi) is 5.80. The number of pyridine rings is 1. The van der Waals surface area contributed by atoms with Crippen molar-refractivity contribution in [3.8, 4) is 0 Å². The first-order valence-corrected chi connectivity index (χ1v) is 7.11. The van der Waals surface area contributed by atoms with E-state index in [0.717, 1.165) is 5.69 Å². The van der Waals surface area contributed by atoms with Crippen molar-refractivity contribution in [2.45, 2.75) is 34.6 Å². The third kappa shape index (κ3) is 4.50. The van der Waals surface area contributed by atoms with Crippen LogP contribution in [0, 0.1) is 24.7 Å². The Labute approximate surface area is 120 Å². The van der Waals surface area contributed by atoms with Crippen molar-refractivity contribution in [3.63, 3.8) is 0 Å². The summed E-state index contributed by atoms with van der Waals surface area (Å²) in [5, 5.41) is 3.41. The summed E-state index contributed by atoms with van der Waals surface area (Å²) in [7, 11) is 0. The van der Waals surface area contributed by atoms with Gasteiger partial charge in [0.05, 0.1) is 10.6 Å². The van der Waals surface area contributed by atoms with E-state index >= 15 is 0 Å². The van der Waals surface area contributed by atoms with Gasteiger partial charge in [-0.15, -0.1) is 0 Å². The van der Waals surface area contributed by atoms with E-state index in [4.69, 9.17) is 11.6 Å². The van der Waals surface area contributed by atoms with Gasteiger partial charge in [-0.3, -0.25) is 9.78 Å². The predicted molar refractivity (Wildman–Crippen MR) is 79.5 cm³/mol. The molecule has 0 fully saturated rings. The van der Waals surface area contributed by atoms with Gasteiger partial charge >= 0.3 is 0 Å². The molecule has 1 N–H and O–H groups in total. The van der Waals surface area contributed by atoms with Crippen LogP contribution in [0.25, 0.3) is 0 Å². The average molecular weight is 283 g/mol. The van der Waals surface area contributed by atoms with Crippen LogP contribution in [0.1, 0.15) is 43.7 Å². The molecule has 0 saturated carbocycles. The minimum absolute atomic E-state index is 0.149. The fourth-order valence-electron chi connectivity index (χ4n) is 2.24. The molecule has 106 valence electrons. The van der Waals surface area contributed by atoms with Crippen molar-refractivity contribution >= 4 is 17.5 Å². The summed E-state index contributed by atoms with van der Waals surface area (Å²) >= 11 is 6.06. The molecule has 0 aliphatic carbocycles. The second-order valence-electron chi connectivity index (χ2n) is 5.67. The molecule has 0 bridgehead atoms. The third-order valence-corrected chi connectivity index (χ3v) is 3.76. The number of hydrogen-bond acceptors (Lipinski definition) is 2. The highest BCUT2D eigenvalue weighted by Crippen LogP contribution is 2.20. The van der Waals surface area contributed by atoms with Crippen LogP contribution >= 0.6 is 11.6 Å². The number of nitrogens with one attached hydrogen (secondary N) is 1. The molecule has 0 aromatic carbocycles. The topological polar surface area (TPSA) is 42.0 Å². The lowest BCUT2D eigenvalue weighted by Gasteiger charge is -2.25. The fourth-order valence-corrected chi connectivity index (χ4v) is 2.53. The van der Waals surface area contributed by atoms with E-state index in [-0.39, 0.29) is 5.91 Å². The zero-order chi connectivity index (χ0) is 14.6. The summed E-state index contributed by atoms with van der Waals surface area (Å²) in [6.07, 6.45) is 1.53. The molecule has 19 heavy (non-hydrogen) atoms. The standard InChI is InChI=1S/C15H23ClN2O/c1-9(2)12(10(3)4)7-18-15(19)13-8-17-11(5)6-14(13)16/h6,8-10,12H,7H2,1-5H3,(H,18,19). The average Bonchev–Trinajstić information content (AvgIpc) is 2.27. The summed E-state index contributed by atoms with van der Waals surface area (Å²) in [4.78, 5) is 16.2. The summed E-state index contributed by atoms with van der Waals surface area (Å²) in [5.41, 5.74) is 1.25. The molecular formula is C15H23ClN2O. The quantitative estimate of drug-likeness (QED) is 0.895. The molecule has 1 amide bonds. The SMILES string of the molecule is Cc1cc(Cl)c(C(=O)NCC(C(C)C)C(C)C)cn1. The lowest BCUT2D eigenvalue weighted by atomic mass is 9.85. The molecule has 1 rings (SSSR count). The van der Waals surface area contributed by atoms with Gasteiger partial charge in [-0.1, -0.05) is 39.3 Å². The van der Waals surface area contributed by atoms with Crippen molar-refractivity contribution in [2.24, 2.45) is 17.8 Å². The number of rotatable bonds is 5. The molecule has 1 aromatic rings. The number of carbonyl (C=O) groups excluding carboxylic acids is 1. The van der Waals surface area contributed by atoms with Crippen LogP contribution in [-0.2, 0) is 0 Å². The van der Waals surface area contributed by atoms with Crippen LogP contribution in [0.2, 0.25) is 5.02 Å². The van der Waals surface area contributed by atoms with E-state index in [9.17, 15) is 4.79 Å². The van der Waals surface area contributed by atoms with Gasteiger partial charge in [0.25, 0.3) is 5.91 Å². The summed E-state index contributed by atoms with van der Waals surface area (Å²) in [6.45, 7) is 11.2. The highest BCUT2D eigenvalue weighted by Gasteiger charge is 2.19. The Morgan fingerprint density at radius 2 is 1.89 bits per heavy atom. The van der Waals surface area contributed by atoms with Gasteiger partial charge in [0.15, 0.2) is 0 Å². The number of halogens is 1. The normalized spacial score (nSPS) is 11.4. The Bertz CT molecular complexity index is 436. The minimum atomic E-state index is -0.149. The molecule has 0 atom stereocenters. The first-order valence-electron chi connectivity index (χ1n) is 6.73. The van der Waals surface area contributed by atoms with Gasteiger partial charge in [-0.05, 0) is 30.7 Å². The second kappa shape index (κ2) is 6.90. The molecule has 1 aromatic heterocycles. The molecule has 1 heterocycles. The molecule has 0 radical (unpaired) electrons. The highest BCUT2D eigenvalue weighted by atomic mass is 35.5. The van der Waals surface area contributed by atoms with Crippen molar-refractivity contribution in [1.82, 2.24) is 10.3 Å². The maximum absolute atomic E-state index is 12.1. The second-order valence-corrected chi connectivity index (χ2v) is 6.07. The molecule has 4 heteroatoms. The van der Waals surface area contributed by atoms with Crippen LogP contribution in [0.5, 0.6) is 0 Å². The van der Waals surface area contributed by atoms with Crippen LogP contribution < -0.4 is 5.32 Å². The number of aromatic nitrogens is 1. The van der Waals surface area contributed by atoms with E-state index in [1.165, 1.54) is 6.20 Å². The first-order chi connectivity index (χ1) is 8.82. The number of carbonyl (C=O) groups is 1. The zero-order valence-electron chi connectivity index (χ0n) is 12.3. The highest BCUT2D eigenvalue weighted by molar-refractivity contribution is 6.33. The number of aryl methyl sites for hydroxylation is 1. The van der Waals surface area contributed by atoms with Gasteiger partial charge in [-0.25, -0.2) is 0 Å². The Balaban J connectivity index is 2.69. The van der Waals surface area contributed by atoms with E-state index in [2.05, 4.69) is 38.0 Å². The van der Waals surface area contributed by atoms with Gasteiger partial charge in [0.2, 0.25) is 0 Å². The Hall–Kier alpha value is -1.09. The summed E-state index contributed by atoms with van der Waals surface area (Å²) in [5.74, 6) is 1.38. The van der Waals surface area contributed by atoms with Crippen molar-refractivity contribution < 1.29 is 4.79 Å². The van der Waals surface area contributed by atoms with E-state index in [0.29, 0.717) is 34.9 Å². The first kappa shape index (κ1) is 16.0. The predicted octanol–water partition coefficient (Wildman–Crippen LogP) is 3.70. The lowest BCUT2D eigenvalue weighted by Crippen LogP contribution is -2.34. The molecule has 0 aliphatic heterocycles. The molecule has 0 unspecified atom stereocenters. The number of amides is 1.